The number of nitro benzene ring substituents is 1. The topological polar surface area (TPSA) is 84.3 Å². The predicted molar refractivity (Wildman–Crippen MR) is 86.1 cm³/mol. The zero-order valence-electron chi connectivity index (χ0n) is 12.7. The molecule has 0 heterocycles. The predicted octanol–water partition coefficient (Wildman–Crippen LogP) is 3.40. The molecular weight excluding hydrogens is 301 g/mol. The van der Waals surface area contributed by atoms with Crippen LogP contribution in [0.4, 0.5) is 21.5 Å². The molecule has 1 amide bonds. The number of carbonyl (C=O) groups excluding carboxylic acids is 1. The molecule has 0 fully saturated rings. The van der Waals surface area contributed by atoms with Gasteiger partial charge in [-0.2, -0.15) is 0 Å². The lowest BCUT2D eigenvalue weighted by Gasteiger charge is -2.11. The third-order valence-electron chi connectivity index (χ3n) is 3.35. The van der Waals surface area contributed by atoms with Crippen LogP contribution in [0.2, 0.25) is 0 Å². The van der Waals surface area contributed by atoms with Gasteiger partial charge in [0.25, 0.3) is 5.69 Å². The Hall–Kier alpha value is -2.96. The lowest BCUT2D eigenvalue weighted by atomic mass is 10.2. The van der Waals surface area contributed by atoms with Crippen molar-refractivity contribution in [1.29, 1.82) is 0 Å². The summed E-state index contributed by atoms with van der Waals surface area (Å²) in [5.74, 6) is -0.773. The first-order valence-corrected chi connectivity index (χ1v) is 6.92. The molecule has 0 atom stereocenters. The normalized spacial score (nSPS) is 10.2. The fourth-order valence-electron chi connectivity index (χ4n) is 2.01. The van der Waals surface area contributed by atoms with Crippen molar-refractivity contribution in [3.63, 3.8) is 0 Å². The quantitative estimate of drug-likeness (QED) is 0.654. The Kier molecular flexibility index (Phi) is 4.90. The van der Waals surface area contributed by atoms with Gasteiger partial charge >= 0.3 is 0 Å². The van der Waals surface area contributed by atoms with Gasteiger partial charge in [-0.3, -0.25) is 14.9 Å². The number of anilines is 2. The second-order valence-corrected chi connectivity index (χ2v) is 5.12. The van der Waals surface area contributed by atoms with Crippen molar-refractivity contribution in [2.24, 2.45) is 0 Å². The van der Waals surface area contributed by atoms with Gasteiger partial charge in [-0.1, -0.05) is 12.1 Å². The fraction of sp³-hybridized carbons (Fsp3) is 0.188. The van der Waals surface area contributed by atoms with E-state index in [1.54, 1.807) is 26.0 Å². The van der Waals surface area contributed by atoms with Crippen molar-refractivity contribution in [3.05, 3.63) is 63.5 Å². The van der Waals surface area contributed by atoms with Crippen LogP contribution in [0, 0.1) is 29.8 Å². The van der Waals surface area contributed by atoms with Gasteiger partial charge in [-0.05, 0) is 37.1 Å². The minimum atomic E-state index is -0.524. The number of carbonyl (C=O) groups is 1. The molecule has 0 unspecified atom stereocenters. The number of nitro groups is 1. The van der Waals surface area contributed by atoms with Crippen LogP contribution in [0.1, 0.15) is 11.1 Å². The molecule has 0 spiro atoms. The number of nitrogens with zero attached hydrogens (tertiary/aromatic N) is 1. The molecule has 0 aliphatic heterocycles. The van der Waals surface area contributed by atoms with E-state index < -0.39 is 10.7 Å². The van der Waals surface area contributed by atoms with Gasteiger partial charge in [-0.25, -0.2) is 4.39 Å². The van der Waals surface area contributed by atoms with Crippen LogP contribution in [0.3, 0.4) is 0 Å². The summed E-state index contributed by atoms with van der Waals surface area (Å²) in [4.78, 5) is 22.2. The largest absolute Gasteiger partial charge is 0.376 e. The molecule has 2 aromatic rings. The van der Waals surface area contributed by atoms with Crippen LogP contribution < -0.4 is 10.6 Å². The highest BCUT2D eigenvalue weighted by atomic mass is 19.1. The highest BCUT2D eigenvalue weighted by Gasteiger charge is 2.11. The number of hydrogen-bond donors (Lipinski definition) is 2. The van der Waals surface area contributed by atoms with Crippen LogP contribution in [-0.4, -0.2) is 17.4 Å². The first kappa shape index (κ1) is 16.4. The lowest BCUT2D eigenvalue weighted by Crippen LogP contribution is -2.22. The number of nitrogens with one attached hydrogen (secondary N) is 2. The number of aryl methyl sites for hydroxylation is 2. The fourth-order valence-corrected chi connectivity index (χ4v) is 2.01. The van der Waals surface area contributed by atoms with Crippen LogP contribution in [0.15, 0.2) is 36.4 Å². The summed E-state index contributed by atoms with van der Waals surface area (Å²) in [6, 6.07) is 8.51. The SMILES string of the molecule is Cc1ccc(F)cc1NCC(=O)Nc1cc([N+](=O)[O-])ccc1C. The number of non-ortho nitro benzene ring substituents is 1. The molecule has 0 saturated heterocycles. The van der Waals surface area contributed by atoms with Crippen LogP contribution >= 0.6 is 0 Å². The standard InChI is InChI=1S/C16H16FN3O3/c1-10-3-5-12(17)7-14(10)18-9-16(21)19-15-8-13(20(22)23)6-4-11(15)2/h3-8,18H,9H2,1-2H3,(H,19,21). The molecule has 0 aliphatic rings. The van der Waals surface area contributed by atoms with Gasteiger partial charge in [0.05, 0.1) is 17.2 Å². The number of benzene rings is 2. The Labute approximate surface area is 132 Å². The summed E-state index contributed by atoms with van der Waals surface area (Å²) in [5, 5.41) is 16.2. The van der Waals surface area contributed by atoms with Gasteiger partial charge in [0.1, 0.15) is 5.82 Å². The van der Waals surface area contributed by atoms with E-state index in [2.05, 4.69) is 10.6 Å². The molecular formula is C16H16FN3O3. The average Bonchev–Trinajstić information content (AvgIpc) is 2.50. The van der Waals surface area contributed by atoms with Crippen molar-refractivity contribution >= 4 is 23.0 Å². The molecule has 23 heavy (non-hydrogen) atoms. The van der Waals surface area contributed by atoms with Crippen molar-refractivity contribution in [1.82, 2.24) is 0 Å². The van der Waals surface area contributed by atoms with Gasteiger partial charge in [0.2, 0.25) is 5.91 Å². The van der Waals surface area contributed by atoms with Crippen LogP contribution in [0.25, 0.3) is 0 Å². The summed E-state index contributed by atoms with van der Waals surface area (Å²) in [6.45, 7) is 3.46. The second-order valence-electron chi connectivity index (χ2n) is 5.12. The Bertz CT molecular complexity index is 762. The highest BCUT2D eigenvalue weighted by Crippen LogP contribution is 2.22. The number of rotatable bonds is 5. The maximum atomic E-state index is 13.2. The van der Waals surface area contributed by atoms with Crippen LogP contribution in [-0.2, 0) is 4.79 Å². The number of amides is 1. The monoisotopic (exact) mass is 317 g/mol. The van der Waals surface area contributed by atoms with Crippen LogP contribution in [0.5, 0.6) is 0 Å². The van der Waals surface area contributed by atoms with Gasteiger partial charge in [0, 0.05) is 17.8 Å². The molecule has 7 heteroatoms. The van der Waals surface area contributed by atoms with Crippen molar-refractivity contribution in [3.8, 4) is 0 Å². The van der Waals surface area contributed by atoms with E-state index in [4.69, 9.17) is 0 Å². The third-order valence-corrected chi connectivity index (χ3v) is 3.35. The van der Waals surface area contributed by atoms with E-state index in [-0.39, 0.29) is 18.1 Å². The van der Waals surface area contributed by atoms with E-state index in [0.717, 1.165) is 5.56 Å². The van der Waals surface area contributed by atoms with Gasteiger partial charge in [0.15, 0.2) is 0 Å². The molecule has 6 nitrogen and oxygen atoms in total. The van der Waals surface area contributed by atoms with Crippen molar-refractivity contribution in [2.75, 3.05) is 17.2 Å². The minimum Gasteiger partial charge on any atom is -0.376 e. The smallest absolute Gasteiger partial charge is 0.271 e. The van der Waals surface area contributed by atoms with E-state index in [1.165, 1.54) is 24.3 Å². The Morgan fingerprint density at radius 1 is 1.13 bits per heavy atom. The van der Waals surface area contributed by atoms with E-state index in [9.17, 15) is 19.3 Å². The first-order chi connectivity index (χ1) is 10.9. The second kappa shape index (κ2) is 6.87. The van der Waals surface area contributed by atoms with E-state index >= 15 is 0 Å². The number of halogens is 1. The van der Waals surface area contributed by atoms with Gasteiger partial charge < -0.3 is 10.6 Å². The lowest BCUT2D eigenvalue weighted by molar-refractivity contribution is -0.384. The molecule has 0 radical (unpaired) electrons. The number of hydrogen-bond acceptors (Lipinski definition) is 4. The Morgan fingerprint density at radius 2 is 1.78 bits per heavy atom. The first-order valence-electron chi connectivity index (χ1n) is 6.92. The molecule has 2 N–H and O–H groups in total. The summed E-state index contributed by atoms with van der Waals surface area (Å²) >= 11 is 0. The molecule has 0 aliphatic carbocycles. The zero-order valence-corrected chi connectivity index (χ0v) is 12.7. The third kappa shape index (κ3) is 4.26. The summed E-state index contributed by atoms with van der Waals surface area (Å²) < 4.78 is 13.2. The maximum absolute atomic E-state index is 13.2. The van der Waals surface area contributed by atoms with Crippen molar-refractivity contribution in [2.45, 2.75) is 13.8 Å². The van der Waals surface area contributed by atoms with E-state index in [1.807, 2.05) is 0 Å². The summed E-state index contributed by atoms with van der Waals surface area (Å²) in [5.41, 5.74) is 2.33. The maximum Gasteiger partial charge on any atom is 0.271 e. The summed E-state index contributed by atoms with van der Waals surface area (Å²) in [6.07, 6.45) is 0. The molecule has 120 valence electrons. The Morgan fingerprint density at radius 3 is 2.48 bits per heavy atom. The average molecular weight is 317 g/mol. The highest BCUT2D eigenvalue weighted by molar-refractivity contribution is 5.94. The Balaban J connectivity index is 2.04. The molecule has 0 aromatic heterocycles. The molecule has 2 aromatic carbocycles. The summed E-state index contributed by atoms with van der Waals surface area (Å²) in [7, 11) is 0. The molecule has 0 bridgehead atoms. The van der Waals surface area contributed by atoms with Crippen molar-refractivity contribution < 1.29 is 14.1 Å². The zero-order chi connectivity index (χ0) is 17.0. The van der Waals surface area contributed by atoms with E-state index in [0.29, 0.717) is 16.9 Å². The molecule has 0 saturated carbocycles. The molecule has 2 rings (SSSR count). The minimum absolute atomic E-state index is 0.0770. The van der Waals surface area contributed by atoms with Gasteiger partial charge in [-0.15, -0.1) is 0 Å².